The molecule has 2 rings (SSSR count). The summed E-state index contributed by atoms with van der Waals surface area (Å²) in [6, 6.07) is 8.18. The number of nitrogens with one attached hydrogen (secondary N) is 3. The highest BCUT2D eigenvalue weighted by molar-refractivity contribution is 8.76. The quantitative estimate of drug-likeness (QED) is 0.125. The van der Waals surface area contributed by atoms with Gasteiger partial charge in [0, 0.05) is 36.0 Å². The van der Waals surface area contributed by atoms with Gasteiger partial charge in [0.2, 0.25) is 0 Å². The highest BCUT2D eigenvalue weighted by atomic mass is 35.5. The van der Waals surface area contributed by atoms with Crippen LogP contribution in [0.3, 0.4) is 0 Å². The van der Waals surface area contributed by atoms with Crippen LogP contribution in [0.25, 0.3) is 0 Å². The second-order valence-electron chi connectivity index (χ2n) is 6.38. The fraction of sp³-hybridized carbons (Fsp3) is 0.250. The Balaban J connectivity index is 1.60. The maximum atomic E-state index is 11.9. The van der Waals surface area contributed by atoms with E-state index in [0.717, 1.165) is 0 Å². The van der Waals surface area contributed by atoms with Gasteiger partial charge >= 0.3 is 6.09 Å². The topological polar surface area (TPSA) is 169 Å². The molecule has 0 saturated carbocycles. The van der Waals surface area contributed by atoms with E-state index in [0.29, 0.717) is 29.2 Å². The molecule has 0 fully saturated rings. The zero-order valence-corrected chi connectivity index (χ0v) is 20.9. The number of carbonyl (C=O) groups is 2. The average Bonchev–Trinajstić information content (AvgIpc) is 2.82. The number of benzene rings is 1. The van der Waals surface area contributed by atoms with Crippen molar-refractivity contribution in [3.8, 4) is 0 Å². The van der Waals surface area contributed by atoms with Crippen molar-refractivity contribution in [2.75, 3.05) is 24.7 Å². The van der Waals surface area contributed by atoms with E-state index in [9.17, 15) is 9.59 Å². The molecule has 0 saturated heterocycles. The molecule has 10 nitrogen and oxygen atoms in total. The average molecular weight is 544 g/mol. The summed E-state index contributed by atoms with van der Waals surface area (Å²) in [5.41, 5.74) is 12.2. The Labute approximate surface area is 214 Å². The first-order valence-electron chi connectivity index (χ1n) is 9.77. The van der Waals surface area contributed by atoms with Crippen LogP contribution in [0.1, 0.15) is 15.9 Å². The number of halogens is 2. The third-order valence-corrected chi connectivity index (χ3v) is 7.11. The summed E-state index contributed by atoms with van der Waals surface area (Å²) in [4.78, 5) is 31.5. The van der Waals surface area contributed by atoms with Crippen LogP contribution in [0.15, 0.2) is 47.7 Å². The molecular formula is C20H23Cl2N7O3S2. The molecule has 182 valence electrons. The number of ether oxygens (including phenoxy) is 1. The molecule has 2 aromatic rings. The van der Waals surface area contributed by atoms with Crippen LogP contribution in [-0.4, -0.2) is 59.5 Å². The number of carbonyl (C=O) groups excluding carboxylic acids is 2. The van der Waals surface area contributed by atoms with Gasteiger partial charge in [-0.05, 0) is 18.2 Å². The first-order valence-corrected chi connectivity index (χ1v) is 13.0. The lowest BCUT2D eigenvalue weighted by Gasteiger charge is -2.13. The van der Waals surface area contributed by atoms with Crippen molar-refractivity contribution < 1.29 is 14.3 Å². The van der Waals surface area contributed by atoms with E-state index in [1.54, 1.807) is 36.5 Å². The van der Waals surface area contributed by atoms with Crippen molar-refractivity contribution in [3.05, 3.63) is 63.9 Å². The number of alkyl carbamates (subject to hydrolysis) is 1. The first kappa shape index (κ1) is 27.7. The maximum absolute atomic E-state index is 11.9. The van der Waals surface area contributed by atoms with Crippen LogP contribution in [0.5, 0.6) is 0 Å². The van der Waals surface area contributed by atoms with E-state index >= 15 is 0 Å². The monoisotopic (exact) mass is 543 g/mol. The molecule has 1 aromatic carbocycles. The van der Waals surface area contributed by atoms with Gasteiger partial charge in [-0.1, -0.05) is 56.9 Å². The Morgan fingerprint density at radius 2 is 1.97 bits per heavy atom. The summed E-state index contributed by atoms with van der Waals surface area (Å²) in [6.07, 6.45) is 1.15. The predicted octanol–water partition coefficient (Wildman–Crippen LogP) is 2.89. The van der Waals surface area contributed by atoms with E-state index in [2.05, 4.69) is 20.6 Å². The molecule has 0 radical (unpaired) electrons. The lowest BCUT2D eigenvalue weighted by Crippen LogP contribution is -2.41. The number of guanidine groups is 1. The molecule has 14 heteroatoms. The lowest BCUT2D eigenvalue weighted by molar-refractivity contribution is 0.0955. The minimum atomic E-state index is -1.16. The number of nitrogens with two attached hydrogens (primary N) is 2. The molecule has 0 spiro atoms. The molecule has 7 N–H and O–H groups in total. The molecule has 1 heterocycles. The van der Waals surface area contributed by atoms with Crippen molar-refractivity contribution in [1.29, 1.82) is 5.41 Å². The highest BCUT2D eigenvalue weighted by Crippen LogP contribution is 2.26. The van der Waals surface area contributed by atoms with Gasteiger partial charge in [-0.25, -0.2) is 9.79 Å². The molecule has 0 aliphatic carbocycles. The SMILES string of the molecule is N=C(c1cccc(Cl)c1Cl)C(N)/N=C(/N)NC(=O)OCCSSCCNC(=O)c1cccnc1. The Kier molecular flexibility index (Phi) is 12.0. The summed E-state index contributed by atoms with van der Waals surface area (Å²) < 4.78 is 5.02. The number of hydrogen-bond donors (Lipinski definition) is 5. The standard InChI is InChI=1S/C20H23Cl2N7O3S2/c21-14-5-1-4-13(15(14)22)16(23)17(24)28-19(25)29-20(31)32-8-10-34-33-9-7-27-18(30)12-3-2-6-26-11-12/h1-6,11,17,23H,7-10,24H2,(H,27,30)(H3,25,28,29,31). The molecular weight excluding hydrogens is 521 g/mol. The molecule has 0 bridgehead atoms. The third-order valence-electron chi connectivity index (χ3n) is 3.92. The second-order valence-corrected chi connectivity index (χ2v) is 9.86. The van der Waals surface area contributed by atoms with Crippen molar-refractivity contribution in [1.82, 2.24) is 15.6 Å². The van der Waals surface area contributed by atoms with Gasteiger partial charge in [-0.15, -0.1) is 0 Å². The van der Waals surface area contributed by atoms with Crippen LogP contribution in [-0.2, 0) is 4.74 Å². The van der Waals surface area contributed by atoms with Gasteiger partial charge in [0.15, 0.2) is 5.96 Å². The smallest absolute Gasteiger partial charge is 0.413 e. The van der Waals surface area contributed by atoms with Crippen LogP contribution >= 0.6 is 44.8 Å². The van der Waals surface area contributed by atoms with Gasteiger partial charge in [-0.2, -0.15) is 0 Å². The lowest BCUT2D eigenvalue weighted by atomic mass is 10.1. The predicted molar refractivity (Wildman–Crippen MR) is 139 cm³/mol. The minimum absolute atomic E-state index is 0.115. The second kappa shape index (κ2) is 14.7. The largest absolute Gasteiger partial charge is 0.448 e. The number of pyridine rings is 1. The molecule has 0 aliphatic heterocycles. The molecule has 1 aromatic heterocycles. The van der Waals surface area contributed by atoms with Gasteiger partial charge in [0.25, 0.3) is 5.91 Å². The third kappa shape index (κ3) is 9.39. The zero-order chi connectivity index (χ0) is 24.9. The fourth-order valence-corrected chi connectivity index (χ4v) is 4.49. The van der Waals surface area contributed by atoms with E-state index in [-0.39, 0.29) is 34.2 Å². The highest BCUT2D eigenvalue weighted by Gasteiger charge is 2.16. The molecule has 1 unspecified atom stereocenters. The summed E-state index contributed by atoms with van der Waals surface area (Å²) in [6.45, 7) is 0.633. The minimum Gasteiger partial charge on any atom is -0.448 e. The van der Waals surface area contributed by atoms with E-state index in [4.69, 9.17) is 44.8 Å². The van der Waals surface area contributed by atoms with Crippen LogP contribution in [0.4, 0.5) is 4.79 Å². The summed E-state index contributed by atoms with van der Waals surface area (Å²) in [7, 11) is 3.02. The van der Waals surface area contributed by atoms with Gasteiger partial charge in [0.1, 0.15) is 12.8 Å². The van der Waals surface area contributed by atoms with Gasteiger partial charge in [-0.3, -0.25) is 15.1 Å². The molecule has 0 aliphatic rings. The number of amides is 2. The number of aromatic nitrogens is 1. The van der Waals surface area contributed by atoms with Crippen molar-refractivity contribution in [2.24, 2.45) is 16.5 Å². The Hall–Kier alpha value is -2.51. The van der Waals surface area contributed by atoms with Crippen LogP contribution in [0.2, 0.25) is 10.0 Å². The Morgan fingerprint density at radius 3 is 2.71 bits per heavy atom. The summed E-state index contributed by atoms with van der Waals surface area (Å²) in [5, 5.41) is 13.6. The van der Waals surface area contributed by atoms with Crippen molar-refractivity contribution in [2.45, 2.75) is 6.17 Å². The van der Waals surface area contributed by atoms with Gasteiger partial charge in [0.05, 0.1) is 21.3 Å². The summed E-state index contributed by atoms with van der Waals surface area (Å²) in [5.74, 6) is 0.738. The van der Waals surface area contributed by atoms with Crippen molar-refractivity contribution in [3.63, 3.8) is 0 Å². The Bertz CT molecular complexity index is 1030. The molecule has 2 amide bonds. The fourth-order valence-electron chi connectivity index (χ4n) is 2.35. The molecule has 34 heavy (non-hydrogen) atoms. The van der Waals surface area contributed by atoms with Crippen molar-refractivity contribution >= 4 is 68.5 Å². The molecule has 1 atom stereocenters. The van der Waals surface area contributed by atoms with E-state index in [1.807, 2.05) is 0 Å². The van der Waals surface area contributed by atoms with Crippen LogP contribution < -0.4 is 22.1 Å². The number of hydrogen-bond acceptors (Lipinski definition) is 9. The maximum Gasteiger partial charge on any atom is 0.413 e. The number of aliphatic imine (C=N–C) groups is 1. The van der Waals surface area contributed by atoms with E-state index in [1.165, 1.54) is 27.8 Å². The normalized spacial score (nSPS) is 12.0. The Morgan fingerprint density at radius 1 is 1.21 bits per heavy atom. The zero-order valence-electron chi connectivity index (χ0n) is 17.8. The first-order chi connectivity index (χ1) is 16.3. The van der Waals surface area contributed by atoms with E-state index < -0.39 is 12.3 Å². The van der Waals surface area contributed by atoms with Gasteiger partial charge < -0.3 is 26.9 Å². The number of nitrogens with zero attached hydrogens (tertiary/aromatic N) is 2. The van der Waals surface area contributed by atoms with Crippen LogP contribution in [0, 0.1) is 5.41 Å². The summed E-state index contributed by atoms with van der Waals surface area (Å²) >= 11 is 12.0. The number of rotatable bonds is 11.